The molecular formula is C67H42N2. The number of imidazole rings is 1. The Morgan fingerprint density at radius 3 is 0.986 bits per heavy atom. The fraction of sp³-hybridized carbons (Fsp3) is 0. The van der Waals surface area contributed by atoms with Crippen LogP contribution in [0.15, 0.2) is 255 Å². The highest BCUT2D eigenvalue weighted by atomic mass is 15.1. The lowest BCUT2D eigenvalue weighted by atomic mass is 9.84. The number of aromatic nitrogens is 2. The predicted molar refractivity (Wildman–Crippen MR) is 293 cm³/mol. The molecule has 0 radical (unpaired) electrons. The molecular weight excluding hydrogens is 833 g/mol. The maximum Gasteiger partial charge on any atom is 0.145 e. The molecule has 69 heavy (non-hydrogen) atoms. The van der Waals surface area contributed by atoms with Crippen LogP contribution in [0.4, 0.5) is 0 Å². The van der Waals surface area contributed by atoms with Crippen LogP contribution >= 0.6 is 0 Å². The molecule has 14 aromatic rings. The van der Waals surface area contributed by atoms with E-state index in [1.165, 1.54) is 109 Å². The Morgan fingerprint density at radius 1 is 0.246 bits per heavy atom. The first-order valence-electron chi connectivity index (χ1n) is 23.8. The molecule has 0 amide bonds. The molecule has 0 N–H and O–H groups in total. The number of nitrogens with zero attached hydrogens (tertiary/aromatic N) is 2. The molecule has 0 saturated heterocycles. The zero-order chi connectivity index (χ0) is 45.4. The van der Waals surface area contributed by atoms with Crippen LogP contribution in [0.3, 0.4) is 0 Å². The van der Waals surface area contributed by atoms with Crippen molar-refractivity contribution in [3.8, 4) is 61.6 Å². The average Bonchev–Trinajstić information content (AvgIpc) is 3.81. The summed E-state index contributed by atoms with van der Waals surface area (Å²) in [5.41, 5.74) is 14.2. The van der Waals surface area contributed by atoms with Gasteiger partial charge in [-0.3, -0.25) is 4.57 Å². The molecule has 0 bridgehead atoms. The van der Waals surface area contributed by atoms with Crippen molar-refractivity contribution in [1.29, 1.82) is 0 Å². The van der Waals surface area contributed by atoms with Crippen LogP contribution in [-0.4, -0.2) is 9.55 Å². The van der Waals surface area contributed by atoms with Gasteiger partial charge in [-0.25, -0.2) is 4.98 Å². The van der Waals surface area contributed by atoms with Crippen molar-refractivity contribution in [3.63, 3.8) is 0 Å². The maximum absolute atomic E-state index is 5.16. The molecule has 2 heteroatoms. The highest BCUT2D eigenvalue weighted by Gasteiger charge is 2.20. The van der Waals surface area contributed by atoms with Crippen molar-refractivity contribution in [2.75, 3.05) is 0 Å². The van der Waals surface area contributed by atoms with Gasteiger partial charge in [-0.2, -0.15) is 0 Å². The van der Waals surface area contributed by atoms with Crippen molar-refractivity contribution in [2.24, 2.45) is 0 Å². The molecule has 0 aliphatic carbocycles. The average molecular weight is 875 g/mol. The highest BCUT2D eigenvalue weighted by Crippen LogP contribution is 2.47. The molecule has 0 unspecified atom stereocenters. The SMILES string of the molecule is c1ccc(-c2c3ccccc3c(-c3ccc4cc(-c5c6ccccc6c(-c6ccc7cc(-c8nc9ccccc9n8-c8ccccc8)ccc7c6)c6ccccc56)ccc4c3)c3ccccc23)cc1. The summed E-state index contributed by atoms with van der Waals surface area (Å²) in [5, 5.41) is 14.9. The predicted octanol–water partition coefficient (Wildman–Crippen LogP) is 18.3. The van der Waals surface area contributed by atoms with Crippen LogP contribution in [0.2, 0.25) is 0 Å². The van der Waals surface area contributed by atoms with E-state index in [4.69, 9.17) is 4.98 Å². The van der Waals surface area contributed by atoms with Crippen LogP contribution in [0.25, 0.3) is 137 Å². The standard InChI is InChI=1S/C67H42N2/c1-3-17-43(18-4-1)63-53-21-7-9-23-55(53)64(56-24-10-8-22-54(56)63)48-35-31-45-40-49(36-32-44(45)39-48)65-57-25-11-13-27-59(57)66(60-28-14-12-26-58(60)65)50-37-33-47-42-51(38-34-46(47)41-50)67-68-61-29-15-16-30-62(61)69(67)52-19-5-2-6-20-52/h1-42H. The van der Waals surface area contributed by atoms with Crippen LogP contribution < -0.4 is 0 Å². The van der Waals surface area contributed by atoms with Crippen LogP contribution in [0.1, 0.15) is 0 Å². The third-order valence-electron chi connectivity index (χ3n) is 14.3. The second-order valence-electron chi connectivity index (χ2n) is 18.2. The van der Waals surface area contributed by atoms with Crippen LogP contribution in [-0.2, 0) is 0 Å². The van der Waals surface area contributed by atoms with Gasteiger partial charge in [-0.05, 0) is 158 Å². The quantitative estimate of drug-likeness (QED) is 0.152. The molecule has 1 aromatic heterocycles. The second kappa shape index (κ2) is 15.8. The summed E-state index contributed by atoms with van der Waals surface area (Å²) in [5.74, 6) is 0.936. The summed E-state index contributed by atoms with van der Waals surface area (Å²) in [7, 11) is 0. The van der Waals surface area contributed by atoms with Gasteiger partial charge < -0.3 is 0 Å². The monoisotopic (exact) mass is 874 g/mol. The molecule has 320 valence electrons. The first-order chi connectivity index (χ1) is 34.2. The van der Waals surface area contributed by atoms with Crippen molar-refractivity contribution < 1.29 is 0 Å². The van der Waals surface area contributed by atoms with E-state index in [2.05, 4.69) is 259 Å². The fourth-order valence-corrected chi connectivity index (χ4v) is 11.3. The number of rotatable bonds is 6. The summed E-state index contributed by atoms with van der Waals surface area (Å²) in [4.78, 5) is 5.16. The first-order valence-corrected chi connectivity index (χ1v) is 23.8. The van der Waals surface area contributed by atoms with Crippen LogP contribution in [0, 0.1) is 0 Å². The molecule has 1 heterocycles. The number of benzene rings is 13. The summed E-state index contributed by atoms with van der Waals surface area (Å²) in [6, 6.07) is 93.2. The van der Waals surface area contributed by atoms with E-state index in [0.717, 1.165) is 28.1 Å². The topological polar surface area (TPSA) is 17.8 Å². The van der Waals surface area contributed by atoms with Crippen LogP contribution in [0.5, 0.6) is 0 Å². The third kappa shape index (κ3) is 6.30. The first kappa shape index (κ1) is 39.1. The van der Waals surface area contributed by atoms with Gasteiger partial charge in [0.1, 0.15) is 5.82 Å². The van der Waals surface area contributed by atoms with Crippen molar-refractivity contribution >= 4 is 75.7 Å². The van der Waals surface area contributed by atoms with Crippen molar-refractivity contribution in [3.05, 3.63) is 255 Å². The lowest BCUT2D eigenvalue weighted by molar-refractivity contribution is 1.10. The van der Waals surface area contributed by atoms with E-state index in [9.17, 15) is 0 Å². The van der Waals surface area contributed by atoms with Gasteiger partial charge >= 0.3 is 0 Å². The number of hydrogen-bond donors (Lipinski definition) is 0. The molecule has 2 nitrogen and oxygen atoms in total. The third-order valence-corrected chi connectivity index (χ3v) is 14.3. The number of hydrogen-bond acceptors (Lipinski definition) is 1. The molecule has 0 atom stereocenters. The summed E-state index contributed by atoms with van der Waals surface area (Å²) >= 11 is 0. The number of para-hydroxylation sites is 3. The Kier molecular flexibility index (Phi) is 8.93. The van der Waals surface area contributed by atoms with E-state index in [1.807, 2.05) is 0 Å². The largest absolute Gasteiger partial charge is 0.292 e. The fourth-order valence-electron chi connectivity index (χ4n) is 11.3. The van der Waals surface area contributed by atoms with E-state index >= 15 is 0 Å². The summed E-state index contributed by atoms with van der Waals surface area (Å²) < 4.78 is 2.27. The molecule has 0 fully saturated rings. The van der Waals surface area contributed by atoms with Gasteiger partial charge in [0.2, 0.25) is 0 Å². The maximum atomic E-state index is 5.16. The molecule has 0 aliphatic heterocycles. The second-order valence-corrected chi connectivity index (χ2v) is 18.2. The number of fused-ring (bicyclic) bond motifs is 7. The Balaban J connectivity index is 0.884. The van der Waals surface area contributed by atoms with Crippen molar-refractivity contribution in [2.45, 2.75) is 0 Å². The Bertz CT molecular complexity index is 4240. The minimum Gasteiger partial charge on any atom is -0.292 e. The van der Waals surface area contributed by atoms with Gasteiger partial charge in [0.05, 0.1) is 11.0 Å². The van der Waals surface area contributed by atoms with Gasteiger partial charge in [-0.1, -0.05) is 206 Å². The van der Waals surface area contributed by atoms with E-state index in [0.29, 0.717) is 0 Å². The zero-order valence-electron chi connectivity index (χ0n) is 37.6. The lowest BCUT2D eigenvalue weighted by Crippen LogP contribution is -1.97. The van der Waals surface area contributed by atoms with E-state index in [-0.39, 0.29) is 0 Å². The van der Waals surface area contributed by atoms with Gasteiger partial charge in [0, 0.05) is 11.3 Å². The molecule has 14 rings (SSSR count). The highest BCUT2D eigenvalue weighted by molar-refractivity contribution is 6.23. The Morgan fingerprint density at radius 2 is 0.565 bits per heavy atom. The van der Waals surface area contributed by atoms with Gasteiger partial charge in [-0.15, -0.1) is 0 Å². The minimum absolute atomic E-state index is 0.936. The molecule has 13 aromatic carbocycles. The van der Waals surface area contributed by atoms with Gasteiger partial charge in [0.25, 0.3) is 0 Å². The Labute approximate surface area is 399 Å². The molecule has 0 spiro atoms. The van der Waals surface area contributed by atoms with E-state index in [1.54, 1.807) is 0 Å². The normalized spacial score (nSPS) is 11.8. The summed E-state index contributed by atoms with van der Waals surface area (Å²) in [6.45, 7) is 0. The summed E-state index contributed by atoms with van der Waals surface area (Å²) in [6.07, 6.45) is 0. The smallest absolute Gasteiger partial charge is 0.145 e. The Hall–Kier alpha value is -9.11. The lowest BCUT2D eigenvalue weighted by Gasteiger charge is -2.19. The van der Waals surface area contributed by atoms with E-state index < -0.39 is 0 Å². The van der Waals surface area contributed by atoms with Gasteiger partial charge in [0.15, 0.2) is 0 Å². The van der Waals surface area contributed by atoms with Crippen molar-refractivity contribution in [1.82, 2.24) is 9.55 Å². The molecule has 0 aliphatic rings. The zero-order valence-corrected chi connectivity index (χ0v) is 37.6. The molecule has 0 saturated carbocycles. The minimum atomic E-state index is 0.936.